The molecule has 1 aliphatic heterocycles. The topological polar surface area (TPSA) is 182 Å². The van der Waals surface area contributed by atoms with Crippen molar-refractivity contribution in [2.75, 3.05) is 0 Å². The van der Waals surface area contributed by atoms with Crippen molar-refractivity contribution in [3.8, 4) is 0 Å². The van der Waals surface area contributed by atoms with Gasteiger partial charge in [0, 0.05) is 12.8 Å². The Hall–Kier alpha value is -2.04. The highest BCUT2D eigenvalue weighted by molar-refractivity contribution is 6.01. The summed E-state index contributed by atoms with van der Waals surface area (Å²) in [6.07, 6.45) is 0.567. The maximum Gasteiger partial charge on any atom is 0.251 e. The Morgan fingerprint density at radius 1 is 1.17 bits per heavy atom. The lowest BCUT2D eigenvalue weighted by atomic mass is 10.2. The van der Waals surface area contributed by atoms with Gasteiger partial charge in [0.2, 0.25) is 17.7 Å². The average molecular weight is 260 g/mol. The summed E-state index contributed by atoms with van der Waals surface area (Å²) in [6.45, 7) is 0. The first kappa shape index (κ1) is 16.0. The van der Waals surface area contributed by atoms with E-state index in [2.05, 4.69) is 5.32 Å². The molecule has 0 bridgehead atoms. The van der Waals surface area contributed by atoms with E-state index in [9.17, 15) is 19.2 Å². The van der Waals surface area contributed by atoms with E-state index in [4.69, 9.17) is 17.4 Å². The fraction of sp³-hybridized carbons (Fsp3) is 0.500. The van der Waals surface area contributed by atoms with Gasteiger partial charge in [-0.2, -0.15) is 0 Å². The van der Waals surface area contributed by atoms with Crippen molar-refractivity contribution in [3.05, 3.63) is 0 Å². The molecule has 0 spiro atoms. The number of imide groups is 1. The number of carbonyl (C=O) groups excluding carboxylic acids is 4. The highest BCUT2D eigenvalue weighted by Gasteiger charge is 2.16. The third kappa shape index (κ3) is 6.52. The summed E-state index contributed by atoms with van der Waals surface area (Å²) in [4.78, 5) is 41.3. The van der Waals surface area contributed by atoms with Crippen LogP contribution in [0.3, 0.4) is 0 Å². The lowest BCUT2D eigenvalue weighted by molar-refractivity contribution is -0.127. The smallest absolute Gasteiger partial charge is 0.251 e. The first-order valence-corrected chi connectivity index (χ1v) is 4.98. The molecule has 4 amide bonds. The van der Waals surface area contributed by atoms with Crippen LogP contribution in [0.5, 0.6) is 0 Å². The van der Waals surface area contributed by atoms with Gasteiger partial charge in [0.25, 0.3) is 5.91 Å². The molecule has 0 aliphatic carbocycles. The maximum absolute atomic E-state index is 10.6. The highest BCUT2D eigenvalue weighted by atomic mass is 16.2. The van der Waals surface area contributed by atoms with Crippen LogP contribution in [0.2, 0.25) is 0 Å². The van der Waals surface area contributed by atoms with Crippen molar-refractivity contribution in [1.82, 2.24) is 16.2 Å². The Morgan fingerprint density at radius 3 is 1.94 bits per heavy atom. The van der Waals surface area contributed by atoms with Crippen molar-refractivity contribution < 1.29 is 19.2 Å². The summed E-state index contributed by atoms with van der Waals surface area (Å²) < 4.78 is 0. The van der Waals surface area contributed by atoms with Crippen molar-refractivity contribution in [1.29, 1.82) is 0 Å². The number of hydrogen-bond donors (Lipinski definition) is 6. The summed E-state index contributed by atoms with van der Waals surface area (Å²) in [5.41, 5.74) is 8.84. The predicted octanol–water partition coefficient (Wildman–Crippen LogP) is -3.89. The zero-order valence-corrected chi connectivity index (χ0v) is 9.56. The Balaban J connectivity index is 0.000000351. The number of rotatable bonds is 3. The van der Waals surface area contributed by atoms with E-state index in [1.54, 1.807) is 0 Å². The Bertz CT molecular complexity index is 330. The SMILES string of the molecule is NNC(=O)CC(N)C(=O)NN.O=C1CCC(=O)N1. The van der Waals surface area contributed by atoms with Gasteiger partial charge in [0.1, 0.15) is 0 Å². The van der Waals surface area contributed by atoms with Gasteiger partial charge in [-0.25, -0.2) is 11.7 Å². The first-order valence-electron chi connectivity index (χ1n) is 4.98. The molecule has 0 aromatic carbocycles. The van der Waals surface area contributed by atoms with Gasteiger partial charge < -0.3 is 5.73 Å². The lowest BCUT2D eigenvalue weighted by Gasteiger charge is -2.07. The molecule has 1 unspecified atom stereocenters. The average Bonchev–Trinajstić information content (AvgIpc) is 2.72. The number of hydrazine groups is 2. The summed E-state index contributed by atoms with van der Waals surface area (Å²) in [7, 11) is 0. The van der Waals surface area contributed by atoms with Gasteiger partial charge >= 0.3 is 0 Å². The summed E-state index contributed by atoms with van der Waals surface area (Å²) in [5.74, 6) is 8.08. The third-order valence-corrected chi connectivity index (χ3v) is 1.90. The number of nitrogens with two attached hydrogens (primary N) is 3. The van der Waals surface area contributed by atoms with Crippen LogP contribution in [-0.2, 0) is 19.2 Å². The van der Waals surface area contributed by atoms with Gasteiger partial charge in [-0.3, -0.25) is 35.3 Å². The predicted molar refractivity (Wildman–Crippen MR) is 59.6 cm³/mol. The zero-order valence-electron chi connectivity index (χ0n) is 9.56. The second-order valence-corrected chi connectivity index (χ2v) is 3.36. The van der Waals surface area contributed by atoms with E-state index in [0.717, 1.165) is 0 Å². The molecule has 1 atom stereocenters. The molecule has 0 radical (unpaired) electrons. The molecule has 18 heavy (non-hydrogen) atoms. The van der Waals surface area contributed by atoms with Gasteiger partial charge in [-0.15, -0.1) is 0 Å². The molecular formula is C8H16N6O4. The van der Waals surface area contributed by atoms with Gasteiger partial charge in [-0.1, -0.05) is 0 Å². The standard InChI is InChI=1S/C4H11N5O2.C4H5NO2/c5-2(4(11)9-7)1-3(10)8-6;6-3-1-2-4(7)5-3/h2H,1,5-7H2,(H,8,10)(H,9,11);1-2H2,(H,5,6,7). The fourth-order valence-electron chi connectivity index (χ4n) is 0.966. The summed E-state index contributed by atoms with van der Waals surface area (Å²) in [5, 5.41) is 2.14. The minimum atomic E-state index is -0.955. The van der Waals surface area contributed by atoms with Crippen LogP contribution in [0, 0.1) is 0 Å². The highest BCUT2D eigenvalue weighted by Crippen LogP contribution is 1.95. The molecular weight excluding hydrogens is 244 g/mol. The van der Waals surface area contributed by atoms with Crippen LogP contribution in [0.15, 0.2) is 0 Å². The normalized spacial score (nSPS) is 15.1. The largest absolute Gasteiger partial charge is 0.319 e. The molecule has 1 heterocycles. The van der Waals surface area contributed by atoms with Crippen LogP contribution >= 0.6 is 0 Å². The fourth-order valence-corrected chi connectivity index (χ4v) is 0.966. The van der Waals surface area contributed by atoms with Crippen LogP contribution in [0.1, 0.15) is 19.3 Å². The number of carbonyl (C=O) groups is 4. The van der Waals surface area contributed by atoms with E-state index in [0.29, 0.717) is 12.8 Å². The van der Waals surface area contributed by atoms with E-state index in [-0.39, 0.29) is 18.2 Å². The van der Waals surface area contributed by atoms with Gasteiger partial charge in [-0.05, 0) is 0 Å². The van der Waals surface area contributed by atoms with E-state index < -0.39 is 17.9 Å². The number of nitrogens with one attached hydrogen (secondary N) is 3. The third-order valence-electron chi connectivity index (χ3n) is 1.90. The van der Waals surface area contributed by atoms with E-state index >= 15 is 0 Å². The minimum absolute atomic E-state index is 0.148. The molecule has 0 aromatic heterocycles. The maximum atomic E-state index is 10.6. The van der Waals surface area contributed by atoms with Crippen molar-refractivity contribution in [3.63, 3.8) is 0 Å². The van der Waals surface area contributed by atoms with Crippen LogP contribution < -0.4 is 33.6 Å². The molecule has 1 rings (SSSR count). The van der Waals surface area contributed by atoms with Crippen molar-refractivity contribution >= 4 is 23.6 Å². The molecule has 0 aromatic rings. The summed E-state index contributed by atoms with van der Waals surface area (Å²) >= 11 is 0. The molecule has 1 saturated heterocycles. The quantitative estimate of drug-likeness (QED) is 0.130. The van der Waals surface area contributed by atoms with Gasteiger partial charge in [0.05, 0.1) is 12.5 Å². The van der Waals surface area contributed by atoms with E-state index in [1.807, 2.05) is 10.9 Å². The second-order valence-electron chi connectivity index (χ2n) is 3.36. The molecule has 102 valence electrons. The zero-order chi connectivity index (χ0) is 14.1. The number of hydrogen-bond acceptors (Lipinski definition) is 7. The monoisotopic (exact) mass is 260 g/mol. The van der Waals surface area contributed by atoms with Crippen LogP contribution in [0.4, 0.5) is 0 Å². The van der Waals surface area contributed by atoms with Crippen LogP contribution in [-0.4, -0.2) is 29.7 Å². The lowest BCUT2D eigenvalue weighted by Crippen LogP contribution is -2.47. The molecule has 9 N–H and O–H groups in total. The summed E-state index contributed by atoms with van der Waals surface area (Å²) in [6, 6.07) is -0.955. The molecule has 10 nitrogen and oxygen atoms in total. The van der Waals surface area contributed by atoms with E-state index in [1.165, 1.54) is 0 Å². The minimum Gasteiger partial charge on any atom is -0.319 e. The Morgan fingerprint density at radius 2 is 1.67 bits per heavy atom. The van der Waals surface area contributed by atoms with Crippen molar-refractivity contribution in [2.45, 2.75) is 25.3 Å². The Kier molecular flexibility index (Phi) is 7.19. The second kappa shape index (κ2) is 8.11. The molecule has 1 aliphatic rings. The van der Waals surface area contributed by atoms with Crippen LogP contribution in [0.25, 0.3) is 0 Å². The Labute approximate surface area is 103 Å². The van der Waals surface area contributed by atoms with Gasteiger partial charge in [0.15, 0.2) is 0 Å². The molecule has 1 fully saturated rings. The molecule has 10 heteroatoms. The molecule has 0 saturated carbocycles. The number of amides is 4. The van der Waals surface area contributed by atoms with Crippen molar-refractivity contribution in [2.24, 2.45) is 17.4 Å². The first-order chi connectivity index (χ1) is 8.40.